The minimum Gasteiger partial charge on any atom is -0.497 e. The molecule has 2 heterocycles. The molecule has 1 aliphatic heterocycles. The number of ether oxygens (including phenoxy) is 3. The van der Waals surface area contributed by atoms with Crippen molar-refractivity contribution >= 4 is 23.4 Å². The van der Waals surface area contributed by atoms with E-state index in [1.807, 2.05) is 47.0 Å². The van der Waals surface area contributed by atoms with E-state index < -0.39 is 5.79 Å². The predicted octanol–water partition coefficient (Wildman–Crippen LogP) is 4.91. The van der Waals surface area contributed by atoms with Gasteiger partial charge in [0.2, 0.25) is 5.91 Å². The monoisotopic (exact) mass is 478 g/mol. The first-order chi connectivity index (χ1) is 16.6. The van der Waals surface area contributed by atoms with Gasteiger partial charge in [-0.05, 0) is 49.2 Å². The highest BCUT2D eigenvalue weighted by Crippen LogP contribution is 2.47. The van der Waals surface area contributed by atoms with Gasteiger partial charge in [-0.25, -0.2) is 0 Å². The van der Waals surface area contributed by atoms with Gasteiger partial charge < -0.3 is 19.5 Å². The van der Waals surface area contributed by atoms with Crippen LogP contribution in [0.1, 0.15) is 25.7 Å². The summed E-state index contributed by atoms with van der Waals surface area (Å²) in [5, 5.41) is 12.2. The maximum atomic E-state index is 12.7. The average Bonchev–Trinajstić information content (AvgIpc) is 3.56. The van der Waals surface area contributed by atoms with Crippen molar-refractivity contribution in [2.24, 2.45) is 0 Å². The molecular weight excluding hydrogens is 452 g/mol. The number of rotatable bonds is 8. The molecule has 1 amide bonds. The molecule has 1 aliphatic carbocycles. The highest BCUT2D eigenvalue weighted by molar-refractivity contribution is 7.99. The van der Waals surface area contributed by atoms with Crippen LogP contribution in [-0.4, -0.2) is 39.3 Å². The molecule has 0 saturated heterocycles. The molecule has 3 aromatic rings. The van der Waals surface area contributed by atoms with Crippen molar-refractivity contribution in [2.75, 3.05) is 18.2 Å². The Kier molecular flexibility index (Phi) is 6.19. The number of hydrogen-bond donors (Lipinski definition) is 1. The summed E-state index contributed by atoms with van der Waals surface area (Å²) in [6.07, 6.45) is 5.77. The Balaban J connectivity index is 1.23. The van der Waals surface area contributed by atoms with E-state index in [1.54, 1.807) is 13.2 Å². The van der Waals surface area contributed by atoms with Gasteiger partial charge in [0.25, 0.3) is 5.79 Å². The van der Waals surface area contributed by atoms with Crippen LogP contribution in [0.3, 0.4) is 0 Å². The molecule has 1 saturated carbocycles. The maximum Gasteiger partial charge on any atom is 0.251 e. The molecule has 5 rings (SSSR count). The third kappa shape index (κ3) is 4.48. The SMILES string of the molecule is C=CCn1c(SCC(=O)Nc2ccc3c(c2)OC2(CCCC2)O3)nnc1-c1ccc(OC)cc1. The summed E-state index contributed by atoms with van der Waals surface area (Å²) in [4.78, 5) is 12.7. The Hall–Kier alpha value is -3.46. The molecule has 2 aromatic carbocycles. The second-order valence-corrected chi connectivity index (χ2v) is 9.20. The molecule has 1 fully saturated rings. The second-order valence-electron chi connectivity index (χ2n) is 8.25. The van der Waals surface area contributed by atoms with Crippen LogP contribution in [0.5, 0.6) is 17.2 Å². The van der Waals surface area contributed by atoms with Crippen LogP contribution >= 0.6 is 11.8 Å². The van der Waals surface area contributed by atoms with Crippen LogP contribution in [0.25, 0.3) is 11.4 Å². The average molecular weight is 479 g/mol. The number of thioether (sulfide) groups is 1. The van der Waals surface area contributed by atoms with Gasteiger partial charge in [-0.2, -0.15) is 0 Å². The van der Waals surface area contributed by atoms with Crippen LogP contribution in [-0.2, 0) is 11.3 Å². The second kappa shape index (κ2) is 9.42. The highest BCUT2D eigenvalue weighted by Gasteiger charge is 2.44. The van der Waals surface area contributed by atoms with Gasteiger partial charge in [0.05, 0.1) is 12.9 Å². The van der Waals surface area contributed by atoms with Crippen LogP contribution in [0.2, 0.25) is 0 Å². The molecule has 0 unspecified atom stereocenters. The minimum atomic E-state index is -0.516. The number of methoxy groups -OCH3 is 1. The number of fused-ring (bicyclic) bond motifs is 1. The summed E-state index contributed by atoms with van der Waals surface area (Å²) in [7, 11) is 1.63. The Labute approximate surface area is 202 Å². The normalized spacial score (nSPS) is 15.4. The van der Waals surface area contributed by atoms with Crippen molar-refractivity contribution in [3.63, 3.8) is 0 Å². The van der Waals surface area contributed by atoms with E-state index in [1.165, 1.54) is 11.8 Å². The van der Waals surface area contributed by atoms with Crippen LogP contribution in [0.15, 0.2) is 60.3 Å². The topological polar surface area (TPSA) is 87.5 Å². The van der Waals surface area contributed by atoms with E-state index in [0.717, 1.165) is 42.7 Å². The van der Waals surface area contributed by atoms with E-state index in [4.69, 9.17) is 14.2 Å². The molecule has 0 bridgehead atoms. The van der Waals surface area contributed by atoms with Gasteiger partial charge in [0, 0.05) is 36.7 Å². The first-order valence-electron chi connectivity index (χ1n) is 11.2. The number of carbonyl (C=O) groups is 1. The fourth-order valence-electron chi connectivity index (χ4n) is 4.26. The Bertz CT molecular complexity index is 1200. The Morgan fingerprint density at radius 3 is 2.68 bits per heavy atom. The highest BCUT2D eigenvalue weighted by atomic mass is 32.2. The van der Waals surface area contributed by atoms with Gasteiger partial charge >= 0.3 is 0 Å². The fourth-order valence-corrected chi connectivity index (χ4v) is 5.01. The minimum absolute atomic E-state index is 0.140. The number of anilines is 1. The number of hydrogen-bond acceptors (Lipinski definition) is 7. The Morgan fingerprint density at radius 1 is 1.18 bits per heavy atom. The molecule has 0 atom stereocenters. The number of amides is 1. The number of aromatic nitrogens is 3. The van der Waals surface area contributed by atoms with Crippen molar-refractivity contribution in [3.8, 4) is 28.6 Å². The molecule has 2 aliphatic rings. The van der Waals surface area contributed by atoms with Gasteiger partial charge in [-0.15, -0.1) is 16.8 Å². The molecule has 1 spiro atoms. The van der Waals surface area contributed by atoms with E-state index in [-0.39, 0.29) is 11.7 Å². The molecular formula is C25H26N4O4S. The molecule has 1 N–H and O–H groups in total. The van der Waals surface area contributed by atoms with Crippen molar-refractivity contribution in [1.29, 1.82) is 0 Å². The van der Waals surface area contributed by atoms with Crippen LogP contribution < -0.4 is 19.5 Å². The van der Waals surface area contributed by atoms with E-state index >= 15 is 0 Å². The smallest absolute Gasteiger partial charge is 0.251 e. The molecule has 176 valence electrons. The number of nitrogens with zero attached hydrogens (tertiary/aromatic N) is 3. The summed E-state index contributed by atoms with van der Waals surface area (Å²) in [5.74, 6) is 2.43. The summed E-state index contributed by atoms with van der Waals surface area (Å²) < 4.78 is 19.3. The van der Waals surface area contributed by atoms with Gasteiger partial charge in [-0.3, -0.25) is 9.36 Å². The van der Waals surface area contributed by atoms with Crippen molar-refractivity contribution in [3.05, 3.63) is 55.1 Å². The lowest BCUT2D eigenvalue weighted by Crippen LogP contribution is -2.34. The predicted molar refractivity (Wildman–Crippen MR) is 130 cm³/mol. The Morgan fingerprint density at radius 2 is 1.94 bits per heavy atom. The van der Waals surface area contributed by atoms with Crippen LogP contribution in [0, 0.1) is 0 Å². The first kappa shape index (κ1) is 22.3. The summed E-state index contributed by atoms with van der Waals surface area (Å²) in [6, 6.07) is 13.1. The first-order valence-corrected chi connectivity index (χ1v) is 12.2. The van der Waals surface area contributed by atoms with E-state index in [0.29, 0.717) is 29.0 Å². The lowest BCUT2D eigenvalue weighted by Gasteiger charge is -2.21. The largest absolute Gasteiger partial charge is 0.497 e. The van der Waals surface area contributed by atoms with Crippen molar-refractivity contribution in [1.82, 2.24) is 14.8 Å². The number of carbonyl (C=O) groups excluding carboxylic acids is 1. The summed E-state index contributed by atoms with van der Waals surface area (Å²) in [5.41, 5.74) is 1.58. The van der Waals surface area contributed by atoms with Crippen LogP contribution in [0.4, 0.5) is 5.69 Å². The zero-order valence-corrected chi connectivity index (χ0v) is 19.8. The summed E-state index contributed by atoms with van der Waals surface area (Å²) in [6.45, 7) is 4.37. The van der Waals surface area contributed by atoms with E-state index in [9.17, 15) is 4.79 Å². The number of benzene rings is 2. The molecule has 9 heteroatoms. The maximum absolute atomic E-state index is 12.7. The molecule has 34 heavy (non-hydrogen) atoms. The molecule has 1 aromatic heterocycles. The van der Waals surface area contributed by atoms with E-state index in [2.05, 4.69) is 22.1 Å². The summed E-state index contributed by atoms with van der Waals surface area (Å²) >= 11 is 1.33. The lowest BCUT2D eigenvalue weighted by molar-refractivity contribution is -0.113. The fraction of sp³-hybridized carbons (Fsp3) is 0.320. The van der Waals surface area contributed by atoms with Gasteiger partial charge in [-0.1, -0.05) is 17.8 Å². The third-order valence-electron chi connectivity index (χ3n) is 5.89. The zero-order valence-electron chi connectivity index (χ0n) is 19.0. The van der Waals surface area contributed by atoms with Crippen molar-refractivity contribution in [2.45, 2.75) is 43.2 Å². The third-order valence-corrected chi connectivity index (χ3v) is 6.86. The molecule has 8 nitrogen and oxygen atoms in total. The van der Waals surface area contributed by atoms with Gasteiger partial charge in [0.15, 0.2) is 22.5 Å². The lowest BCUT2D eigenvalue weighted by atomic mass is 10.2. The quantitative estimate of drug-likeness (QED) is 0.363. The molecule has 0 radical (unpaired) electrons. The number of nitrogens with one attached hydrogen (secondary N) is 1. The van der Waals surface area contributed by atoms with Crippen molar-refractivity contribution < 1.29 is 19.0 Å². The zero-order chi connectivity index (χ0) is 23.5. The standard InChI is InChI=1S/C25H26N4O4S/c1-3-14-29-23(17-6-9-19(31-2)10-7-17)27-28-24(29)34-16-22(30)26-18-8-11-20-21(15-18)33-25(32-20)12-4-5-13-25/h3,6-11,15H,1,4-5,12-14,16H2,2H3,(H,26,30). The van der Waals surface area contributed by atoms with Gasteiger partial charge in [0.1, 0.15) is 5.75 Å². The number of allylic oxidation sites excluding steroid dienone is 1.